The molecule has 0 spiro atoms. The van der Waals surface area contributed by atoms with Gasteiger partial charge >= 0.3 is 10.3 Å². The van der Waals surface area contributed by atoms with Crippen LogP contribution in [-0.2, 0) is 19.2 Å². The van der Waals surface area contributed by atoms with E-state index in [1.165, 1.54) is 6.33 Å². The molecule has 0 bridgehead atoms. The second-order valence-electron chi connectivity index (χ2n) is 5.98. The minimum Gasteiger partial charge on any atom is -0.352 e. The highest BCUT2D eigenvalue weighted by Crippen LogP contribution is 2.32. The molecule has 9 nitrogen and oxygen atoms in total. The Morgan fingerprint density at radius 3 is 2.77 bits per heavy atom. The van der Waals surface area contributed by atoms with Crippen molar-refractivity contribution in [1.82, 2.24) is 19.5 Å². The van der Waals surface area contributed by atoms with Gasteiger partial charge in [0.15, 0.2) is 5.65 Å². The number of aromatic nitrogens is 4. The summed E-state index contributed by atoms with van der Waals surface area (Å²) in [5.74, 6) is 0. The van der Waals surface area contributed by atoms with Crippen LogP contribution in [0.2, 0.25) is 0 Å². The molecule has 4 rings (SSSR count). The van der Waals surface area contributed by atoms with Crippen LogP contribution in [0.15, 0.2) is 43.0 Å². The Kier molecular flexibility index (Phi) is 4.41. The lowest BCUT2D eigenvalue weighted by atomic mass is 10.1. The van der Waals surface area contributed by atoms with E-state index in [1.807, 2.05) is 34.9 Å². The van der Waals surface area contributed by atoms with Crippen LogP contribution in [0.5, 0.6) is 0 Å². The van der Waals surface area contributed by atoms with Gasteiger partial charge in [0.1, 0.15) is 23.8 Å². The predicted octanol–water partition coefficient (Wildman–Crippen LogP) is 1.39. The third-order valence-corrected chi connectivity index (χ3v) is 4.68. The van der Waals surface area contributed by atoms with Gasteiger partial charge in [-0.2, -0.15) is 8.42 Å². The summed E-state index contributed by atoms with van der Waals surface area (Å²) in [6.45, 7) is -0.105. The van der Waals surface area contributed by atoms with Gasteiger partial charge in [0.25, 0.3) is 0 Å². The van der Waals surface area contributed by atoms with Gasteiger partial charge in [-0.1, -0.05) is 30.3 Å². The van der Waals surface area contributed by atoms with Gasteiger partial charge in [0.2, 0.25) is 0 Å². The maximum Gasteiger partial charge on any atom is 0.333 e. The smallest absolute Gasteiger partial charge is 0.333 e. The van der Waals surface area contributed by atoms with Crippen molar-refractivity contribution in [2.75, 3.05) is 6.61 Å². The summed E-state index contributed by atoms with van der Waals surface area (Å²) < 4.78 is 34.2. The predicted molar refractivity (Wildman–Crippen MR) is 93.0 cm³/mol. The lowest BCUT2D eigenvalue weighted by molar-refractivity contribution is -0.0149. The third-order valence-electron chi connectivity index (χ3n) is 4.22. The average molecular weight is 375 g/mol. The minimum atomic E-state index is -3.97. The van der Waals surface area contributed by atoms with Gasteiger partial charge in [-0.25, -0.2) is 20.1 Å². The van der Waals surface area contributed by atoms with Gasteiger partial charge in [-0.05, 0) is 12.8 Å². The first-order valence-electron chi connectivity index (χ1n) is 8.07. The van der Waals surface area contributed by atoms with Gasteiger partial charge in [-0.3, -0.25) is 8.75 Å². The number of hydrogen-bond acceptors (Lipinski definition) is 7. The van der Waals surface area contributed by atoms with Gasteiger partial charge in [-0.15, -0.1) is 0 Å². The second kappa shape index (κ2) is 6.72. The van der Waals surface area contributed by atoms with Gasteiger partial charge in [0, 0.05) is 5.56 Å². The Hall–Kier alpha value is -2.40. The Morgan fingerprint density at radius 1 is 1.19 bits per heavy atom. The maximum absolute atomic E-state index is 10.9. The highest BCUT2D eigenvalue weighted by Gasteiger charge is 2.29. The molecule has 2 N–H and O–H groups in total. The van der Waals surface area contributed by atoms with Gasteiger partial charge < -0.3 is 4.74 Å². The van der Waals surface area contributed by atoms with E-state index in [2.05, 4.69) is 19.1 Å². The lowest BCUT2D eigenvalue weighted by Crippen LogP contribution is -2.23. The fourth-order valence-corrected chi connectivity index (χ4v) is 3.40. The van der Waals surface area contributed by atoms with Crippen molar-refractivity contribution in [1.29, 1.82) is 0 Å². The fraction of sp³-hybridized carbons (Fsp3) is 0.312. The molecule has 3 aromatic rings. The fourth-order valence-electron chi connectivity index (χ4n) is 3.05. The average Bonchev–Trinajstić information content (AvgIpc) is 3.26. The molecule has 3 heterocycles. The molecule has 0 amide bonds. The van der Waals surface area contributed by atoms with Crippen LogP contribution in [0.3, 0.4) is 0 Å². The Balaban J connectivity index is 1.59. The van der Waals surface area contributed by atoms with E-state index < -0.39 is 10.3 Å². The quantitative estimate of drug-likeness (QED) is 0.715. The van der Waals surface area contributed by atoms with E-state index in [4.69, 9.17) is 9.88 Å². The lowest BCUT2D eigenvalue weighted by Gasteiger charge is -2.15. The SMILES string of the molecule is NS(=O)(=O)OC[C@@H]1CC[C@H](n2cnc3c(-c4ccccc4)ncnc32)O1. The minimum absolute atomic E-state index is 0.105. The van der Waals surface area contributed by atoms with E-state index in [9.17, 15) is 8.42 Å². The van der Waals surface area contributed by atoms with Crippen LogP contribution in [0.25, 0.3) is 22.4 Å². The van der Waals surface area contributed by atoms with E-state index in [-0.39, 0.29) is 18.9 Å². The number of fused-ring (bicyclic) bond motifs is 1. The molecule has 1 fully saturated rings. The summed E-state index contributed by atoms with van der Waals surface area (Å²) in [5, 5.41) is 4.85. The Bertz CT molecular complexity index is 1020. The van der Waals surface area contributed by atoms with Crippen molar-refractivity contribution < 1.29 is 17.3 Å². The first-order valence-corrected chi connectivity index (χ1v) is 9.54. The zero-order valence-corrected chi connectivity index (χ0v) is 14.5. The number of nitrogens with zero attached hydrogens (tertiary/aromatic N) is 4. The molecular formula is C16H17N5O4S. The van der Waals surface area contributed by atoms with Crippen LogP contribution in [0.1, 0.15) is 19.1 Å². The molecule has 2 aromatic heterocycles. The van der Waals surface area contributed by atoms with E-state index in [0.29, 0.717) is 24.0 Å². The second-order valence-corrected chi connectivity index (χ2v) is 7.20. The number of benzene rings is 1. The summed E-state index contributed by atoms with van der Waals surface area (Å²) >= 11 is 0. The highest BCUT2D eigenvalue weighted by atomic mass is 32.2. The number of imidazole rings is 1. The van der Waals surface area contributed by atoms with Crippen LogP contribution >= 0.6 is 0 Å². The van der Waals surface area contributed by atoms with Crippen molar-refractivity contribution in [2.24, 2.45) is 5.14 Å². The molecule has 2 atom stereocenters. The third kappa shape index (κ3) is 3.44. The maximum atomic E-state index is 10.9. The van der Waals surface area contributed by atoms with Crippen LogP contribution in [-0.4, -0.2) is 40.6 Å². The molecule has 0 unspecified atom stereocenters. The number of hydrogen-bond donors (Lipinski definition) is 1. The summed E-state index contributed by atoms with van der Waals surface area (Å²) in [6.07, 6.45) is 3.85. The first kappa shape index (κ1) is 17.0. The van der Waals surface area contributed by atoms with Crippen LogP contribution < -0.4 is 5.14 Å². The van der Waals surface area contributed by atoms with E-state index >= 15 is 0 Å². The van der Waals surface area contributed by atoms with Crippen LogP contribution in [0, 0.1) is 0 Å². The molecule has 26 heavy (non-hydrogen) atoms. The van der Waals surface area contributed by atoms with E-state index in [0.717, 1.165) is 11.3 Å². The summed E-state index contributed by atoms with van der Waals surface area (Å²) in [7, 11) is -3.97. The topological polar surface area (TPSA) is 122 Å². The number of nitrogens with two attached hydrogens (primary N) is 1. The van der Waals surface area contributed by atoms with Crippen molar-refractivity contribution >= 4 is 21.5 Å². The van der Waals surface area contributed by atoms with Crippen molar-refractivity contribution in [3.05, 3.63) is 43.0 Å². The largest absolute Gasteiger partial charge is 0.352 e. The molecule has 136 valence electrons. The molecule has 1 aliphatic rings. The molecule has 0 saturated carbocycles. The summed E-state index contributed by atoms with van der Waals surface area (Å²) in [4.78, 5) is 13.2. The number of ether oxygens (including phenoxy) is 1. The van der Waals surface area contributed by atoms with E-state index in [1.54, 1.807) is 6.33 Å². The standard InChI is InChI=1S/C16H17N5O4S/c17-26(22,23)24-8-12-6-7-13(25-12)21-10-20-15-14(18-9-19-16(15)21)11-4-2-1-3-5-11/h1-5,9-10,12-13H,6-8H2,(H2,17,22,23)/t12-,13+/m0/s1. The molecule has 10 heteroatoms. The Morgan fingerprint density at radius 2 is 2.00 bits per heavy atom. The van der Waals surface area contributed by atoms with Crippen molar-refractivity contribution in [3.8, 4) is 11.3 Å². The summed E-state index contributed by atoms with van der Waals surface area (Å²) in [5.41, 5.74) is 3.06. The summed E-state index contributed by atoms with van der Waals surface area (Å²) in [6, 6.07) is 9.75. The normalized spacial score (nSPS) is 20.7. The van der Waals surface area contributed by atoms with Gasteiger partial charge in [0.05, 0.1) is 19.0 Å². The number of rotatable bonds is 5. The zero-order valence-electron chi connectivity index (χ0n) is 13.7. The van der Waals surface area contributed by atoms with Crippen LogP contribution in [0.4, 0.5) is 0 Å². The monoisotopic (exact) mass is 375 g/mol. The first-order chi connectivity index (χ1) is 12.5. The highest BCUT2D eigenvalue weighted by molar-refractivity contribution is 7.84. The zero-order chi connectivity index (χ0) is 18.1. The van der Waals surface area contributed by atoms with Crippen molar-refractivity contribution in [3.63, 3.8) is 0 Å². The molecule has 0 radical (unpaired) electrons. The molecule has 0 aliphatic carbocycles. The Labute approximate surface area is 150 Å². The molecule has 1 aliphatic heterocycles. The molecular weight excluding hydrogens is 358 g/mol. The molecule has 1 saturated heterocycles. The van der Waals surface area contributed by atoms with Crippen molar-refractivity contribution in [2.45, 2.75) is 25.2 Å². The molecule has 1 aromatic carbocycles.